The van der Waals surface area contributed by atoms with Crippen LogP contribution in [0.4, 0.5) is 11.4 Å². The van der Waals surface area contributed by atoms with Gasteiger partial charge in [-0.25, -0.2) is 9.59 Å². The van der Waals surface area contributed by atoms with Crippen molar-refractivity contribution in [3.8, 4) is 0 Å². The molecule has 1 aromatic rings. The van der Waals surface area contributed by atoms with Crippen LogP contribution in [-0.2, 0) is 16.0 Å². The number of hydrogen-bond acceptors (Lipinski definition) is 4. The molecule has 0 unspecified atom stereocenters. The molecule has 0 radical (unpaired) electrons. The van der Waals surface area contributed by atoms with Gasteiger partial charge in [0.1, 0.15) is 0 Å². The minimum Gasteiger partial charge on any atom is -0.211 e. The van der Waals surface area contributed by atoms with E-state index in [0.717, 1.165) is 36.0 Å². The van der Waals surface area contributed by atoms with Crippen LogP contribution in [0.15, 0.2) is 16.1 Å². The molecule has 0 aromatic heterocycles. The summed E-state index contributed by atoms with van der Waals surface area (Å²) in [7, 11) is 0. The summed E-state index contributed by atoms with van der Waals surface area (Å²) >= 11 is 0. The van der Waals surface area contributed by atoms with Gasteiger partial charge in [-0.3, -0.25) is 0 Å². The molecule has 0 aliphatic rings. The molecule has 0 saturated carbocycles. The Hall–Kier alpha value is -2.02. The normalized spacial score (nSPS) is 9.50. The highest BCUT2D eigenvalue weighted by atomic mass is 16.1. The highest BCUT2D eigenvalue weighted by Gasteiger charge is 2.13. The third-order valence-electron chi connectivity index (χ3n) is 2.85. The van der Waals surface area contributed by atoms with E-state index in [1.54, 1.807) is 12.2 Å². The Bertz CT molecular complexity index is 495. The summed E-state index contributed by atoms with van der Waals surface area (Å²) in [4.78, 5) is 28.5. The average molecular weight is 244 g/mol. The summed E-state index contributed by atoms with van der Waals surface area (Å²) in [6.07, 6.45) is 5.83. The third kappa shape index (κ3) is 3.01. The molecule has 0 bridgehead atoms. The van der Waals surface area contributed by atoms with Gasteiger partial charge in [0.15, 0.2) is 0 Å². The van der Waals surface area contributed by atoms with Gasteiger partial charge in [0, 0.05) is 5.56 Å². The van der Waals surface area contributed by atoms with Gasteiger partial charge in [-0.2, -0.15) is 9.98 Å². The predicted octanol–water partition coefficient (Wildman–Crippen LogP) is 3.58. The van der Waals surface area contributed by atoms with Crippen molar-refractivity contribution in [2.75, 3.05) is 0 Å². The smallest absolute Gasteiger partial charge is 0.211 e. The lowest BCUT2D eigenvalue weighted by Gasteiger charge is -2.12. The molecule has 0 aliphatic heterocycles. The molecule has 4 heteroatoms. The fourth-order valence-corrected chi connectivity index (χ4v) is 2.04. The van der Waals surface area contributed by atoms with Crippen molar-refractivity contribution in [2.24, 2.45) is 9.98 Å². The molecule has 0 heterocycles. The summed E-state index contributed by atoms with van der Waals surface area (Å²) in [6.45, 7) is 5.84. The van der Waals surface area contributed by atoms with Gasteiger partial charge in [-0.1, -0.05) is 19.4 Å². The van der Waals surface area contributed by atoms with E-state index in [-0.39, 0.29) is 0 Å². The summed E-state index contributed by atoms with van der Waals surface area (Å²) in [5, 5.41) is 0. The van der Waals surface area contributed by atoms with Crippen LogP contribution in [0.5, 0.6) is 0 Å². The lowest BCUT2D eigenvalue weighted by atomic mass is 9.97. The van der Waals surface area contributed by atoms with Crippen molar-refractivity contribution >= 4 is 23.5 Å². The van der Waals surface area contributed by atoms with E-state index in [4.69, 9.17) is 0 Å². The number of aliphatic imine (C=N–C) groups is 2. The Morgan fingerprint density at radius 2 is 1.56 bits per heavy atom. The molecular weight excluding hydrogens is 228 g/mol. The van der Waals surface area contributed by atoms with Crippen LogP contribution < -0.4 is 0 Å². The summed E-state index contributed by atoms with van der Waals surface area (Å²) in [5.41, 5.74) is 3.79. The second-order valence-corrected chi connectivity index (χ2v) is 4.20. The van der Waals surface area contributed by atoms with Crippen LogP contribution in [0.2, 0.25) is 0 Å². The first-order valence-corrected chi connectivity index (χ1v) is 5.94. The summed E-state index contributed by atoms with van der Waals surface area (Å²) in [5.74, 6) is 0. The standard InChI is InChI=1S/C14H16N2O2/c1-4-5-6-12-13(15-8-17)10(2)7-11(3)14(12)16-9-18/h7H,4-6H2,1-3H3. The zero-order chi connectivity index (χ0) is 13.5. The molecule has 0 saturated heterocycles. The number of isocyanates is 2. The van der Waals surface area contributed by atoms with Crippen LogP contribution in [0.25, 0.3) is 0 Å². The average Bonchev–Trinajstić information content (AvgIpc) is 2.34. The Balaban J connectivity index is 3.52. The first-order chi connectivity index (χ1) is 8.65. The van der Waals surface area contributed by atoms with Crippen LogP contribution in [0.3, 0.4) is 0 Å². The van der Waals surface area contributed by atoms with Crippen molar-refractivity contribution in [3.05, 3.63) is 22.8 Å². The largest absolute Gasteiger partial charge is 0.240 e. The summed E-state index contributed by atoms with van der Waals surface area (Å²) in [6, 6.07) is 1.86. The number of hydrogen-bond donors (Lipinski definition) is 0. The molecule has 0 amide bonds. The van der Waals surface area contributed by atoms with Crippen molar-refractivity contribution in [1.82, 2.24) is 0 Å². The number of carbonyl (C=O) groups excluding carboxylic acids is 2. The van der Waals surface area contributed by atoms with Gasteiger partial charge >= 0.3 is 0 Å². The van der Waals surface area contributed by atoms with Crippen molar-refractivity contribution in [3.63, 3.8) is 0 Å². The number of benzene rings is 1. The molecule has 4 nitrogen and oxygen atoms in total. The lowest BCUT2D eigenvalue weighted by Crippen LogP contribution is -1.93. The van der Waals surface area contributed by atoms with E-state index in [9.17, 15) is 9.59 Å². The SMILES string of the molecule is CCCCc1c(N=C=O)c(C)cc(C)c1N=C=O. The quantitative estimate of drug-likeness (QED) is 0.587. The lowest BCUT2D eigenvalue weighted by molar-refractivity contribution is 0.564. The van der Waals surface area contributed by atoms with Crippen LogP contribution >= 0.6 is 0 Å². The number of rotatable bonds is 5. The highest BCUT2D eigenvalue weighted by molar-refractivity contribution is 5.71. The van der Waals surface area contributed by atoms with E-state index >= 15 is 0 Å². The molecule has 0 N–H and O–H groups in total. The Kier molecular flexibility index (Phi) is 5.19. The second kappa shape index (κ2) is 6.65. The van der Waals surface area contributed by atoms with E-state index in [1.165, 1.54) is 0 Å². The van der Waals surface area contributed by atoms with Crippen LogP contribution in [0, 0.1) is 13.8 Å². The van der Waals surface area contributed by atoms with E-state index in [0.29, 0.717) is 11.4 Å². The number of aryl methyl sites for hydroxylation is 2. The van der Waals surface area contributed by atoms with Gasteiger partial charge in [0.25, 0.3) is 0 Å². The zero-order valence-electron chi connectivity index (χ0n) is 10.9. The Labute approximate surface area is 106 Å². The molecule has 1 aromatic carbocycles. The summed E-state index contributed by atoms with van der Waals surface area (Å²) < 4.78 is 0. The molecular formula is C14H16N2O2. The van der Waals surface area contributed by atoms with Crippen LogP contribution in [0.1, 0.15) is 36.5 Å². The van der Waals surface area contributed by atoms with E-state index in [1.807, 2.05) is 19.9 Å². The topological polar surface area (TPSA) is 58.9 Å². The van der Waals surface area contributed by atoms with Gasteiger partial charge in [0.05, 0.1) is 11.4 Å². The van der Waals surface area contributed by atoms with Crippen molar-refractivity contribution in [2.45, 2.75) is 40.0 Å². The fourth-order valence-electron chi connectivity index (χ4n) is 2.04. The van der Waals surface area contributed by atoms with Gasteiger partial charge in [-0.05, 0) is 37.8 Å². The second-order valence-electron chi connectivity index (χ2n) is 4.20. The van der Waals surface area contributed by atoms with Crippen molar-refractivity contribution in [1.29, 1.82) is 0 Å². The zero-order valence-corrected chi connectivity index (χ0v) is 10.9. The molecule has 1 rings (SSSR count). The maximum atomic E-state index is 10.5. The van der Waals surface area contributed by atoms with Crippen molar-refractivity contribution < 1.29 is 9.59 Å². The molecule has 0 atom stereocenters. The molecule has 0 fully saturated rings. The third-order valence-corrected chi connectivity index (χ3v) is 2.85. The molecule has 0 aliphatic carbocycles. The predicted molar refractivity (Wildman–Crippen MR) is 70.1 cm³/mol. The monoisotopic (exact) mass is 244 g/mol. The molecule has 94 valence electrons. The molecule has 0 spiro atoms. The van der Waals surface area contributed by atoms with Crippen LogP contribution in [-0.4, -0.2) is 12.2 Å². The number of nitrogens with zero attached hydrogens (tertiary/aromatic N) is 2. The minimum atomic E-state index is 0.582. The Morgan fingerprint density at radius 1 is 1.06 bits per heavy atom. The number of unbranched alkanes of at least 4 members (excludes halogenated alkanes) is 1. The van der Waals surface area contributed by atoms with E-state index < -0.39 is 0 Å². The van der Waals surface area contributed by atoms with Gasteiger partial charge in [-0.15, -0.1) is 0 Å². The van der Waals surface area contributed by atoms with Gasteiger partial charge in [0.2, 0.25) is 12.2 Å². The highest BCUT2D eigenvalue weighted by Crippen LogP contribution is 2.36. The first kappa shape index (κ1) is 14.0. The Morgan fingerprint density at radius 3 is 1.94 bits per heavy atom. The minimum absolute atomic E-state index is 0.582. The maximum Gasteiger partial charge on any atom is 0.240 e. The molecule has 18 heavy (non-hydrogen) atoms. The first-order valence-electron chi connectivity index (χ1n) is 5.94. The van der Waals surface area contributed by atoms with E-state index in [2.05, 4.69) is 16.9 Å². The fraction of sp³-hybridized carbons (Fsp3) is 0.429. The maximum absolute atomic E-state index is 10.5. The van der Waals surface area contributed by atoms with Gasteiger partial charge < -0.3 is 0 Å².